The second-order valence-electron chi connectivity index (χ2n) is 6.27. The summed E-state index contributed by atoms with van der Waals surface area (Å²) >= 11 is 1.04. The predicted octanol–water partition coefficient (Wildman–Crippen LogP) is 0.0895. The third-order valence-corrected chi connectivity index (χ3v) is 5.45. The van der Waals surface area contributed by atoms with E-state index in [1.807, 2.05) is 0 Å². The van der Waals surface area contributed by atoms with Crippen LogP contribution in [0.15, 0.2) is 0 Å². The van der Waals surface area contributed by atoms with Crippen molar-refractivity contribution in [3.63, 3.8) is 0 Å². The second kappa shape index (κ2) is 10.2. The first-order valence-corrected chi connectivity index (χ1v) is 9.52. The Morgan fingerprint density at radius 2 is 1.93 bits per heavy atom. The van der Waals surface area contributed by atoms with E-state index in [0.717, 1.165) is 16.2 Å². The van der Waals surface area contributed by atoms with E-state index in [-0.39, 0.29) is 42.0 Å². The Kier molecular flexibility index (Phi) is 7.91. The summed E-state index contributed by atoms with van der Waals surface area (Å²) in [5.41, 5.74) is 0.519. The third-order valence-electron chi connectivity index (χ3n) is 4.28. The molecule has 2 rings (SSSR count). The molecule has 0 radical (unpaired) electrons. The predicted molar refractivity (Wildman–Crippen MR) is 98.6 cm³/mol. The number of fused-ring (bicyclic) bond motifs is 1. The van der Waals surface area contributed by atoms with Crippen molar-refractivity contribution in [3.8, 4) is 0 Å². The van der Waals surface area contributed by atoms with Crippen molar-refractivity contribution >= 4 is 40.1 Å². The molecule has 154 valence electrons. The molecule has 1 aromatic rings. The van der Waals surface area contributed by atoms with Crippen molar-refractivity contribution in [1.82, 2.24) is 5.32 Å². The lowest BCUT2D eigenvalue weighted by Gasteiger charge is -2.22. The van der Waals surface area contributed by atoms with Crippen LogP contribution in [0.5, 0.6) is 0 Å². The van der Waals surface area contributed by atoms with Gasteiger partial charge in [0.05, 0.1) is 25.4 Å². The SMILES string of the molecule is O=C(CC1CCc2c(sc(NC(=O)C(=O)O)c2C(=O)O)C1)NCCOCCO. The van der Waals surface area contributed by atoms with Gasteiger partial charge in [0.25, 0.3) is 0 Å². The van der Waals surface area contributed by atoms with Crippen LogP contribution in [-0.4, -0.2) is 65.4 Å². The maximum Gasteiger partial charge on any atom is 0.394 e. The van der Waals surface area contributed by atoms with Gasteiger partial charge in [-0.3, -0.25) is 9.59 Å². The Morgan fingerprint density at radius 3 is 2.57 bits per heavy atom. The van der Waals surface area contributed by atoms with Crippen LogP contribution >= 0.6 is 11.3 Å². The fourth-order valence-electron chi connectivity index (χ4n) is 3.06. The number of aliphatic hydroxyl groups is 1. The van der Waals surface area contributed by atoms with Gasteiger partial charge in [-0.05, 0) is 30.7 Å². The number of ether oxygens (including phenoxy) is 1. The molecule has 2 amide bonds. The second-order valence-corrected chi connectivity index (χ2v) is 7.38. The van der Waals surface area contributed by atoms with Gasteiger partial charge in [0.1, 0.15) is 5.00 Å². The average Bonchev–Trinajstić information content (AvgIpc) is 2.98. The summed E-state index contributed by atoms with van der Waals surface area (Å²) < 4.78 is 5.06. The first-order chi connectivity index (χ1) is 13.3. The topological polar surface area (TPSA) is 162 Å². The molecule has 1 atom stereocenters. The zero-order chi connectivity index (χ0) is 20.7. The van der Waals surface area contributed by atoms with Gasteiger partial charge in [0, 0.05) is 17.8 Å². The molecule has 1 aliphatic carbocycles. The molecular formula is C17H22N2O8S. The van der Waals surface area contributed by atoms with Gasteiger partial charge in [-0.2, -0.15) is 0 Å². The molecule has 5 N–H and O–H groups in total. The zero-order valence-electron chi connectivity index (χ0n) is 15.0. The van der Waals surface area contributed by atoms with Crippen LogP contribution in [0.3, 0.4) is 0 Å². The van der Waals surface area contributed by atoms with E-state index in [2.05, 4.69) is 10.6 Å². The number of rotatable bonds is 9. The molecule has 1 heterocycles. The first kappa shape index (κ1) is 21.8. The highest BCUT2D eigenvalue weighted by molar-refractivity contribution is 7.17. The Labute approximate surface area is 164 Å². The number of nitrogens with one attached hydrogen (secondary N) is 2. The molecule has 1 aromatic heterocycles. The van der Waals surface area contributed by atoms with Gasteiger partial charge in [-0.1, -0.05) is 0 Å². The van der Waals surface area contributed by atoms with E-state index < -0.39 is 17.8 Å². The van der Waals surface area contributed by atoms with Gasteiger partial charge in [-0.25, -0.2) is 9.59 Å². The third kappa shape index (κ3) is 5.75. The molecule has 11 heteroatoms. The normalized spacial score (nSPS) is 15.5. The number of carboxylic acids is 2. The Bertz CT molecular complexity index is 761. The molecule has 1 unspecified atom stereocenters. The lowest BCUT2D eigenvalue weighted by Crippen LogP contribution is -2.30. The first-order valence-electron chi connectivity index (χ1n) is 8.70. The highest BCUT2D eigenvalue weighted by atomic mass is 32.1. The molecule has 0 spiro atoms. The summed E-state index contributed by atoms with van der Waals surface area (Å²) in [6, 6.07) is 0. The fraction of sp³-hybridized carbons (Fsp3) is 0.529. The van der Waals surface area contributed by atoms with Gasteiger partial charge in [0.2, 0.25) is 5.91 Å². The van der Waals surface area contributed by atoms with Crippen LogP contribution in [0.2, 0.25) is 0 Å². The lowest BCUT2D eigenvalue weighted by atomic mass is 9.85. The van der Waals surface area contributed by atoms with Crippen molar-refractivity contribution in [2.75, 3.05) is 31.7 Å². The Morgan fingerprint density at radius 1 is 1.18 bits per heavy atom. The maximum absolute atomic E-state index is 12.0. The molecule has 0 aliphatic heterocycles. The summed E-state index contributed by atoms with van der Waals surface area (Å²) in [6.45, 7) is 0.781. The van der Waals surface area contributed by atoms with E-state index in [9.17, 15) is 24.3 Å². The van der Waals surface area contributed by atoms with Crippen molar-refractivity contribution in [2.24, 2.45) is 5.92 Å². The summed E-state index contributed by atoms with van der Waals surface area (Å²) in [6.07, 6.45) is 1.81. The number of thiophene rings is 1. The Balaban J connectivity index is 1.98. The van der Waals surface area contributed by atoms with E-state index in [1.54, 1.807) is 0 Å². The number of amides is 2. The van der Waals surface area contributed by atoms with E-state index in [4.69, 9.17) is 14.9 Å². The number of carboxylic acid groups (broad SMARTS) is 2. The minimum Gasteiger partial charge on any atom is -0.478 e. The fourth-order valence-corrected chi connectivity index (χ4v) is 4.41. The minimum absolute atomic E-state index is 0.0102. The number of aromatic carboxylic acids is 1. The number of hydrogen-bond acceptors (Lipinski definition) is 7. The smallest absolute Gasteiger partial charge is 0.394 e. The number of aliphatic carboxylic acids is 1. The van der Waals surface area contributed by atoms with Crippen LogP contribution in [0.4, 0.5) is 5.00 Å². The monoisotopic (exact) mass is 414 g/mol. The summed E-state index contributed by atoms with van der Waals surface area (Å²) in [4.78, 5) is 46.5. The number of carbonyl (C=O) groups is 4. The summed E-state index contributed by atoms with van der Waals surface area (Å²) in [7, 11) is 0. The maximum atomic E-state index is 12.0. The molecule has 0 bridgehead atoms. The van der Waals surface area contributed by atoms with E-state index in [0.29, 0.717) is 38.0 Å². The van der Waals surface area contributed by atoms with E-state index >= 15 is 0 Å². The number of aliphatic hydroxyl groups excluding tert-OH is 1. The summed E-state index contributed by atoms with van der Waals surface area (Å²) in [5, 5.41) is 31.6. The van der Waals surface area contributed by atoms with Crippen LogP contribution in [0.1, 0.15) is 33.6 Å². The van der Waals surface area contributed by atoms with Crippen molar-refractivity contribution < 1.29 is 39.2 Å². The molecule has 0 aromatic carbocycles. The molecule has 0 saturated heterocycles. The van der Waals surface area contributed by atoms with Gasteiger partial charge >= 0.3 is 17.8 Å². The largest absolute Gasteiger partial charge is 0.478 e. The van der Waals surface area contributed by atoms with Crippen molar-refractivity contribution in [3.05, 3.63) is 16.0 Å². The standard InChI is InChI=1S/C17H22N2O8S/c20-4-6-27-5-3-18-12(21)8-9-1-2-10-11(7-9)28-15(13(10)16(23)24)19-14(22)17(25)26/h9,20H,1-8H2,(H,18,21)(H,19,22)(H,23,24)(H,25,26). The van der Waals surface area contributed by atoms with Crippen LogP contribution in [-0.2, 0) is 32.0 Å². The molecule has 28 heavy (non-hydrogen) atoms. The molecular weight excluding hydrogens is 392 g/mol. The zero-order valence-corrected chi connectivity index (χ0v) is 15.8. The molecule has 1 aliphatic rings. The molecule has 10 nitrogen and oxygen atoms in total. The quantitative estimate of drug-likeness (QED) is 0.280. The van der Waals surface area contributed by atoms with Gasteiger partial charge < -0.3 is 30.7 Å². The van der Waals surface area contributed by atoms with Crippen molar-refractivity contribution in [1.29, 1.82) is 0 Å². The average molecular weight is 414 g/mol. The minimum atomic E-state index is -1.69. The lowest BCUT2D eigenvalue weighted by molar-refractivity contribution is -0.147. The Hall–Kier alpha value is -2.50. The molecule has 0 saturated carbocycles. The summed E-state index contributed by atoms with van der Waals surface area (Å²) in [5.74, 6) is -4.33. The number of hydrogen-bond donors (Lipinski definition) is 5. The van der Waals surface area contributed by atoms with E-state index in [1.165, 1.54) is 0 Å². The highest BCUT2D eigenvalue weighted by Crippen LogP contribution is 2.40. The van der Waals surface area contributed by atoms with Crippen LogP contribution in [0.25, 0.3) is 0 Å². The van der Waals surface area contributed by atoms with Crippen LogP contribution in [0, 0.1) is 5.92 Å². The van der Waals surface area contributed by atoms with Crippen LogP contribution < -0.4 is 10.6 Å². The number of carbonyl (C=O) groups excluding carboxylic acids is 2. The van der Waals surface area contributed by atoms with Crippen molar-refractivity contribution in [2.45, 2.75) is 25.7 Å². The van der Waals surface area contributed by atoms with Gasteiger partial charge in [0.15, 0.2) is 0 Å². The highest BCUT2D eigenvalue weighted by Gasteiger charge is 2.30. The van der Waals surface area contributed by atoms with Gasteiger partial charge in [-0.15, -0.1) is 11.3 Å². The molecule has 0 fully saturated rings. The number of anilines is 1.